The molecular formula is C8H8FNO. The van der Waals surface area contributed by atoms with Crippen molar-refractivity contribution in [3.63, 3.8) is 0 Å². The third-order valence-corrected chi connectivity index (χ3v) is 1.32. The van der Waals surface area contributed by atoms with Crippen molar-refractivity contribution in [1.82, 2.24) is 0 Å². The molecule has 0 saturated heterocycles. The molecule has 0 aliphatic rings. The van der Waals surface area contributed by atoms with Gasteiger partial charge in [0, 0.05) is 12.6 Å². The van der Waals surface area contributed by atoms with Gasteiger partial charge < -0.3 is 5.21 Å². The molecule has 0 fully saturated rings. The normalized spacial score (nSPS) is 10.6. The lowest BCUT2D eigenvalue weighted by Crippen LogP contribution is -1.85. The molecule has 0 aliphatic carbocycles. The first-order valence-electron chi connectivity index (χ1n) is 3.23. The second-order valence-corrected chi connectivity index (χ2v) is 2.13. The van der Waals surface area contributed by atoms with Gasteiger partial charge in [0.15, 0.2) is 0 Å². The van der Waals surface area contributed by atoms with Gasteiger partial charge in [-0.15, -0.1) is 5.16 Å². The lowest BCUT2D eigenvalue weighted by atomic mass is 10.2. The molecule has 58 valence electrons. The van der Waals surface area contributed by atoms with Crippen LogP contribution in [0.1, 0.15) is 5.56 Å². The van der Waals surface area contributed by atoms with E-state index in [0.717, 1.165) is 5.56 Å². The van der Waals surface area contributed by atoms with Crippen LogP contribution < -0.4 is 0 Å². The standard InChI is InChI=1S/C8H8FNO/c9-8-3-1-7(2-4-8)5-6-10-11/h1-4,6,11H,5H2. The first-order chi connectivity index (χ1) is 5.33. The largest absolute Gasteiger partial charge is 0.411 e. The van der Waals surface area contributed by atoms with Crippen LogP contribution in [0.25, 0.3) is 0 Å². The second kappa shape index (κ2) is 3.71. The quantitative estimate of drug-likeness (QED) is 0.392. The molecule has 0 atom stereocenters. The lowest BCUT2D eigenvalue weighted by molar-refractivity contribution is 0.321. The molecule has 0 radical (unpaired) electrons. The summed E-state index contributed by atoms with van der Waals surface area (Å²) < 4.78 is 12.3. The highest BCUT2D eigenvalue weighted by atomic mass is 19.1. The fourth-order valence-corrected chi connectivity index (χ4v) is 0.767. The van der Waals surface area contributed by atoms with E-state index in [-0.39, 0.29) is 5.82 Å². The molecule has 3 heteroatoms. The van der Waals surface area contributed by atoms with Crippen LogP contribution in [0.2, 0.25) is 0 Å². The molecule has 1 aromatic carbocycles. The van der Waals surface area contributed by atoms with Gasteiger partial charge in [-0.2, -0.15) is 0 Å². The van der Waals surface area contributed by atoms with Crippen molar-refractivity contribution in [3.05, 3.63) is 35.6 Å². The van der Waals surface area contributed by atoms with Crippen molar-refractivity contribution >= 4 is 6.21 Å². The Hall–Kier alpha value is -1.38. The van der Waals surface area contributed by atoms with Gasteiger partial charge in [0.2, 0.25) is 0 Å². The van der Waals surface area contributed by atoms with Gasteiger partial charge in [-0.3, -0.25) is 0 Å². The van der Waals surface area contributed by atoms with E-state index in [1.807, 2.05) is 0 Å². The van der Waals surface area contributed by atoms with Crippen LogP contribution >= 0.6 is 0 Å². The molecule has 0 aliphatic heterocycles. The van der Waals surface area contributed by atoms with Crippen molar-refractivity contribution in [3.8, 4) is 0 Å². The predicted octanol–water partition coefficient (Wildman–Crippen LogP) is 1.83. The van der Waals surface area contributed by atoms with Crippen LogP contribution in [0.3, 0.4) is 0 Å². The van der Waals surface area contributed by atoms with E-state index < -0.39 is 0 Å². The maximum absolute atomic E-state index is 12.3. The average Bonchev–Trinajstić information content (AvgIpc) is 2.04. The zero-order valence-electron chi connectivity index (χ0n) is 5.87. The number of hydrogen-bond donors (Lipinski definition) is 1. The van der Waals surface area contributed by atoms with Crippen LogP contribution in [0, 0.1) is 5.82 Å². The number of nitrogens with zero attached hydrogens (tertiary/aromatic N) is 1. The van der Waals surface area contributed by atoms with Gasteiger partial charge in [-0.1, -0.05) is 12.1 Å². The average molecular weight is 153 g/mol. The smallest absolute Gasteiger partial charge is 0.123 e. The Morgan fingerprint density at radius 1 is 1.36 bits per heavy atom. The van der Waals surface area contributed by atoms with Crippen molar-refractivity contribution in [2.45, 2.75) is 6.42 Å². The summed E-state index contributed by atoms with van der Waals surface area (Å²) in [6.07, 6.45) is 1.88. The lowest BCUT2D eigenvalue weighted by Gasteiger charge is -1.93. The minimum Gasteiger partial charge on any atom is -0.411 e. The van der Waals surface area contributed by atoms with Crippen molar-refractivity contribution in [2.75, 3.05) is 0 Å². The highest BCUT2D eigenvalue weighted by Gasteiger charge is 1.90. The summed E-state index contributed by atoms with van der Waals surface area (Å²) in [7, 11) is 0. The van der Waals surface area contributed by atoms with Crippen molar-refractivity contribution < 1.29 is 9.60 Å². The number of oxime groups is 1. The molecule has 1 N–H and O–H groups in total. The number of hydrogen-bond acceptors (Lipinski definition) is 2. The first kappa shape index (κ1) is 7.72. The SMILES string of the molecule is ON=CCc1ccc(F)cc1. The van der Waals surface area contributed by atoms with Crippen LogP contribution in [-0.2, 0) is 6.42 Å². The number of rotatable bonds is 2. The van der Waals surface area contributed by atoms with Crippen LogP contribution in [0.4, 0.5) is 4.39 Å². The van der Waals surface area contributed by atoms with Gasteiger partial charge in [0.05, 0.1) is 0 Å². The monoisotopic (exact) mass is 153 g/mol. The third kappa shape index (κ3) is 2.37. The van der Waals surface area contributed by atoms with Gasteiger partial charge in [0.1, 0.15) is 5.82 Å². The Morgan fingerprint density at radius 3 is 2.55 bits per heavy atom. The Balaban J connectivity index is 2.66. The summed E-state index contributed by atoms with van der Waals surface area (Å²) in [5, 5.41) is 10.9. The zero-order chi connectivity index (χ0) is 8.10. The maximum atomic E-state index is 12.3. The van der Waals surface area contributed by atoms with E-state index in [0.29, 0.717) is 6.42 Å². The highest BCUT2D eigenvalue weighted by molar-refractivity contribution is 5.60. The molecule has 0 unspecified atom stereocenters. The molecule has 0 aromatic heterocycles. The molecule has 0 bridgehead atoms. The van der Waals surface area contributed by atoms with E-state index in [4.69, 9.17) is 5.21 Å². The molecular weight excluding hydrogens is 145 g/mol. The maximum Gasteiger partial charge on any atom is 0.123 e. The van der Waals surface area contributed by atoms with Gasteiger partial charge in [0.25, 0.3) is 0 Å². The minimum absolute atomic E-state index is 0.255. The molecule has 2 nitrogen and oxygen atoms in total. The van der Waals surface area contributed by atoms with Crippen LogP contribution in [-0.4, -0.2) is 11.4 Å². The Morgan fingerprint density at radius 2 is 2.00 bits per heavy atom. The van der Waals surface area contributed by atoms with Crippen LogP contribution in [0.5, 0.6) is 0 Å². The fraction of sp³-hybridized carbons (Fsp3) is 0.125. The molecule has 0 saturated carbocycles. The summed E-state index contributed by atoms with van der Waals surface area (Å²) in [5.74, 6) is -0.255. The van der Waals surface area contributed by atoms with E-state index >= 15 is 0 Å². The molecule has 0 heterocycles. The number of halogens is 1. The Kier molecular flexibility index (Phi) is 2.60. The molecule has 1 aromatic rings. The summed E-state index contributed by atoms with van der Waals surface area (Å²) in [4.78, 5) is 0. The van der Waals surface area contributed by atoms with Gasteiger partial charge in [-0.05, 0) is 17.7 Å². The molecule has 11 heavy (non-hydrogen) atoms. The Bertz CT molecular complexity index is 243. The third-order valence-electron chi connectivity index (χ3n) is 1.32. The number of benzene rings is 1. The second-order valence-electron chi connectivity index (χ2n) is 2.13. The van der Waals surface area contributed by atoms with Crippen LogP contribution in [0.15, 0.2) is 29.4 Å². The van der Waals surface area contributed by atoms with Crippen molar-refractivity contribution in [1.29, 1.82) is 0 Å². The van der Waals surface area contributed by atoms with Gasteiger partial charge >= 0.3 is 0 Å². The minimum atomic E-state index is -0.255. The first-order valence-corrected chi connectivity index (χ1v) is 3.23. The molecule has 0 amide bonds. The highest BCUT2D eigenvalue weighted by Crippen LogP contribution is 2.01. The van der Waals surface area contributed by atoms with E-state index in [2.05, 4.69) is 5.16 Å². The predicted molar refractivity (Wildman–Crippen MR) is 40.4 cm³/mol. The van der Waals surface area contributed by atoms with E-state index in [1.54, 1.807) is 12.1 Å². The summed E-state index contributed by atoms with van der Waals surface area (Å²) in [6, 6.07) is 6.05. The zero-order valence-corrected chi connectivity index (χ0v) is 5.87. The molecule has 1 rings (SSSR count). The van der Waals surface area contributed by atoms with Gasteiger partial charge in [-0.25, -0.2) is 4.39 Å². The summed E-state index contributed by atoms with van der Waals surface area (Å²) >= 11 is 0. The Labute approximate surface area is 64.0 Å². The summed E-state index contributed by atoms with van der Waals surface area (Å²) in [5.41, 5.74) is 0.921. The van der Waals surface area contributed by atoms with E-state index in [9.17, 15) is 4.39 Å². The molecule has 0 spiro atoms. The summed E-state index contributed by atoms with van der Waals surface area (Å²) in [6.45, 7) is 0. The topological polar surface area (TPSA) is 32.6 Å². The van der Waals surface area contributed by atoms with Crippen molar-refractivity contribution in [2.24, 2.45) is 5.16 Å². The van der Waals surface area contributed by atoms with E-state index in [1.165, 1.54) is 18.3 Å². The fourth-order valence-electron chi connectivity index (χ4n) is 0.767.